The van der Waals surface area contributed by atoms with Gasteiger partial charge in [-0.05, 0) is 18.2 Å². The Morgan fingerprint density at radius 1 is 1.25 bits per heavy atom. The maximum atomic E-state index is 13.7. The number of H-pyrrole nitrogens is 1. The lowest BCUT2D eigenvalue weighted by atomic mass is 10.2. The maximum absolute atomic E-state index is 13.7. The molecule has 0 fully saturated rings. The van der Waals surface area contributed by atoms with Crippen LogP contribution >= 0.6 is 0 Å². The molecule has 3 rings (SSSR count). The van der Waals surface area contributed by atoms with E-state index in [0.717, 1.165) is 11.4 Å². The van der Waals surface area contributed by atoms with Crippen LogP contribution in [0.5, 0.6) is 5.75 Å². The zero-order valence-electron chi connectivity index (χ0n) is 13.1. The second kappa shape index (κ2) is 6.99. The van der Waals surface area contributed by atoms with Crippen LogP contribution in [0.15, 0.2) is 53.3 Å². The van der Waals surface area contributed by atoms with E-state index in [1.165, 1.54) is 10.7 Å². The fraction of sp³-hybridized carbons (Fsp3) is 0.176. The maximum Gasteiger partial charge on any atom is 0.343 e. The van der Waals surface area contributed by atoms with Crippen molar-refractivity contribution in [2.45, 2.75) is 13.1 Å². The number of rotatable bonds is 6. The molecule has 6 nitrogen and oxygen atoms in total. The van der Waals surface area contributed by atoms with Crippen molar-refractivity contribution in [2.75, 3.05) is 12.4 Å². The molecule has 0 aliphatic rings. The lowest BCUT2D eigenvalue weighted by Crippen LogP contribution is -2.19. The number of ether oxygens (including phenoxy) is 1. The van der Waals surface area contributed by atoms with Crippen LogP contribution in [0.1, 0.15) is 11.4 Å². The molecule has 2 aromatic carbocycles. The summed E-state index contributed by atoms with van der Waals surface area (Å²) in [5, 5.41) is 7.34. The lowest BCUT2D eigenvalue weighted by molar-refractivity contribution is 0.415. The van der Waals surface area contributed by atoms with Crippen molar-refractivity contribution in [2.24, 2.45) is 0 Å². The van der Waals surface area contributed by atoms with Crippen LogP contribution in [-0.2, 0) is 13.1 Å². The largest absolute Gasteiger partial charge is 0.497 e. The molecule has 0 radical (unpaired) electrons. The van der Waals surface area contributed by atoms with Gasteiger partial charge in [0.1, 0.15) is 17.4 Å². The highest BCUT2D eigenvalue weighted by Crippen LogP contribution is 2.16. The number of hydrogen-bond donors (Lipinski definition) is 2. The van der Waals surface area contributed by atoms with E-state index in [0.29, 0.717) is 17.9 Å². The van der Waals surface area contributed by atoms with Crippen molar-refractivity contribution >= 4 is 5.69 Å². The second-order valence-corrected chi connectivity index (χ2v) is 5.21. The van der Waals surface area contributed by atoms with E-state index in [2.05, 4.69) is 15.4 Å². The number of hydrogen-bond acceptors (Lipinski definition) is 4. The van der Waals surface area contributed by atoms with Gasteiger partial charge in [-0.25, -0.2) is 13.9 Å². The van der Waals surface area contributed by atoms with Crippen LogP contribution in [0, 0.1) is 5.82 Å². The molecule has 0 bridgehead atoms. The Morgan fingerprint density at radius 3 is 2.88 bits per heavy atom. The SMILES string of the molecule is COc1cccc(NCc2nn(Cc3ccccc3F)c(=O)[nH]2)c1. The van der Waals surface area contributed by atoms with Gasteiger partial charge in [-0.2, -0.15) is 5.10 Å². The zero-order valence-corrected chi connectivity index (χ0v) is 13.1. The van der Waals surface area contributed by atoms with Crippen molar-refractivity contribution in [3.05, 3.63) is 76.2 Å². The fourth-order valence-electron chi connectivity index (χ4n) is 2.30. The predicted molar refractivity (Wildman–Crippen MR) is 88.7 cm³/mol. The first-order valence-corrected chi connectivity index (χ1v) is 7.43. The highest BCUT2D eigenvalue weighted by molar-refractivity contribution is 5.48. The third-order valence-electron chi connectivity index (χ3n) is 3.53. The summed E-state index contributed by atoms with van der Waals surface area (Å²) >= 11 is 0. The first-order chi connectivity index (χ1) is 11.7. The lowest BCUT2D eigenvalue weighted by Gasteiger charge is -2.06. The van der Waals surface area contributed by atoms with Crippen LogP contribution in [-0.4, -0.2) is 21.9 Å². The highest BCUT2D eigenvalue weighted by atomic mass is 19.1. The molecule has 0 aliphatic carbocycles. The van der Waals surface area contributed by atoms with Crippen LogP contribution in [0.2, 0.25) is 0 Å². The van der Waals surface area contributed by atoms with E-state index in [1.807, 2.05) is 24.3 Å². The summed E-state index contributed by atoms with van der Waals surface area (Å²) in [5.41, 5.74) is 0.887. The van der Waals surface area contributed by atoms with Gasteiger partial charge in [0, 0.05) is 17.3 Å². The van der Waals surface area contributed by atoms with E-state index in [1.54, 1.807) is 25.3 Å². The van der Waals surface area contributed by atoms with Crippen LogP contribution < -0.4 is 15.7 Å². The fourth-order valence-corrected chi connectivity index (χ4v) is 2.30. The van der Waals surface area contributed by atoms with Gasteiger partial charge >= 0.3 is 5.69 Å². The van der Waals surface area contributed by atoms with Gasteiger partial charge in [0.15, 0.2) is 0 Å². The van der Waals surface area contributed by atoms with Gasteiger partial charge in [-0.3, -0.25) is 4.98 Å². The molecule has 1 aromatic heterocycles. The minimum atomic E-state index is -0.374. The highest BCUT2D eigenvalue weighted by Gasteiger charge is 2.08. The standard InChI is InChI=1S/C17H17FN4O2/c1-24-14-7-4-6-13(9-14)19-10-16-20-17(23)22(21-16)11-12-5-2-3-8-15(12)18/h2-9,19H,10-11H2,1H3,(H,20,21,23). The normalized spacial score (nSPS) is 10.6. The quantitative estimate of drug-likeness (QED) is 0.729. The molecule has 2 N–H and O–H groups in total. The average Bonchev–Trinajstić information content (AvgIpc) is 2.95. The van der Waals surface area contributed by atoms with Crippen molar-refractivity contribution in [1.29, 1.82) is 0 Å². The van der Waals surface area contributed by atoms with Crippen molar-refractivity contribution in [3.63, 3.8) is 0 Å². The summed E-state index contributed by atoms with van der Waals surface area (Å²) < 4.78 is 20.0. The van der Waals surface area contributed by atoms with Gasteiger partial charge in [0.25, 0.3) is 0 Å². The zero-order chi connectivity index (χ0) is 16.9. The molecule has 0 unspecified atom stereocenters. The van der Waals surface area contributed by atoms with E-state index in [-0.39, 0.29) is 18.1 Å². The second-order valence-electron chi connectivity index (χ2n) is 5.21. The molecule has 1 heterocycles. The topological polar surface area (TPSA) is 71.9 Å². The number of aromatic nitrogens is 3. The average molecular weight is 328 g/mol. The van der Waals surface area contributed by atoms with Crippen LogP contribution in [0.4, 0.5) is 10.1 Å². The molecule has 0 amide bonds. The summed E-state index contributed by atoms with van der Waals surface area (Å²) in [6, 6.07) is 13.8. The molecule has 0 saturated heterocycles. The van der Waals surface area contributed by atoms with Crippen molar-refractivity contribution < 1.29 is 9.13 Å². The Bertz CT molecular complexity index is 888. The molecule has 0 atom stereocenters. The van der Waals surface area contributed by atoms with Gasteiger partial charge in [0.05, 0.1) is 20.2 Å². The van der Waals surface area contributed by atoms with Crippen LogP contribution in [0.25, 0.3) is 0 Å². The molecule has 3 aromatic rings. The van der Waals surface area contributed by atoms with E-state index >= 15 is 0 Å². The first-order valence-electron chi connectivity index (χ1n) is 7.43. The molecule has 0 saturated carbocycles. The molecule has 24 heavy (non-hydrogen) atoms. The number of benzene rings is 2. The Morgan fingerprint density at radius 2 is 2.08 bits per heavy atom. The predicted octanol–water partition coefficient (Wildman–Crippen LogP) is 2.38. The number of halogens is 1. The molecular weight excluding hydrogens is 311 g/mol. The number of nitrogens with one attached hydrogen (secondary N) is 2. The van der Waals surface area contributed by atoms with E-state index in [4.69, 9.17) is 4.74 Å². The number of anilines is 1. The van der Waals surface area contributed by atoms with Crippen molar-refractivity contribution in [3.8, 4) is 5.75 Å². The number of aromatic amines is 1. The van der Waals surface area contributed by atoms with Gasteiger partial charge in [-0.15, -0.1) is 0 Å². The Hall–Kier alpha value is -3.09. The third-order valence-corrected chi connectivity index (χ3v) is 3.53. The van der Waals surface area contributed by atoms with Gasteiger partial charge < -0.3 is 10.1 Å². The summed E-state index contributed by atoms with van der Waals surface area (Å²) in [6.45, 7) is 0.424. The molecule has 7 heteroatoms. The monoisotopic (exact) mass is 328 g/mol. The molecule has 124 valence electrons. The summed E-state index contributed by atoms with van der Waals surface area (Å²) in [6.07, 6.45) is 0. The number of methoxy groups -OCH3 is 1. The smallest absolute Gasteiger partial charge is 0.343 e. The summed E-state index contributed by atoms with van der Waals surface area (Å²) in [7, 11) is 1.60. The van der Waals surface area contributed by atoms with Crippen molar-refractivity contribution in [1.82, 2.24) is 14.8 Å². The summed E-state index contributed by atoms with van der Waals surface area (Å²) in [4.78, 5) is 14.6. The Labute approximate surface area is 137 Å². The summed E-state index contributed by atoms with van der Waals surface area (Å²) in [5.74, 6) is 0.848. The van der Waals surface area contributed by atoms with Crippen LogP contribution in [0.3, 0.4) is 0 Å². The molecule has 0 aliphatic heterocycles. The third kappa shape index (κ3) is 3.62. The number of nitrogens with zero attached hydrogens (tertiary/aromatic N) is 2. The minimum Gasteiger partial charge on any atom is -0.497 e. The Balaban J connectivity index is 1.70. The molecular formula is C17H17FN4O2. The van der Waals surface area contributed by atoms with E-state index in [9.17, 15) is 9.18 Å². The molecule has 0 spiro atoms. The Kier molecular flexibility index (Phi) is 4.60. The van der Waals surface area contributed by atoms with E-state index < -0.39 is 0 Å². The van der Waals surface area contributed by atoms with Gasteiger partial charge in [0.2, 0.25) is 0 Å². The first kappa shape index (κ1) is 15.8. The van der Waals surface area contributed by atoms with Gasteiger partial charge in [-0.1, -0.05) is 24.3 Å². The minimum absolute atomic E-state index is 0.0845.